The van der Waals surface area contributed by atoms with Gasteiger partial charge in [-0.15, -0.1) is 0 Å². The van der Waals surface area contributed by atoms with Crippen molar-refractivity contribution in [1.29, 1.82) is 0 Å². The first kappa shape index (κ1) is 15.4. The van der Waals surface area contributed by atoms with Gasteiger partial charge < -0.3 is 15.8 Å². The first-order chi connectivity index (χ1) is 9.99. The van der Waals surface area contributed by atoms with Crippen LogP contribution >= 0.6 is 15.9 Å². The number of halogens is 1. The monoisotopic (exact) mass is 348 g/mol. The van der Waals surface area contributed by atoms with Crippen LogP contribution in [0.1, 0.15) is 21.5 Å². The van der Waals surface area contributed by atoms with Crippen LogP contribution in [-0.2, 0) is 6.54 Å². The van der Waals surface area contributed by atoms with E-state index >= 15 is 0 Å². The lowest BCUT2D eigenvalue weighted by Gasteiger charge is -2.09. The summed E-state index contributed by atoms with van der Waals surface area (Å²) in [4.78, 5) is 12.1. The third-order valence-corrected chi connectivity index (χ3v) is 3.51. The summed E-state index contributed by atoms with van der Waals surface area (Å²) in [5.41, 5.74) is 8.99. The van der Waals surface area contributed by atoms with Gasteiger partial charge in [-0.05, 0) is 48.4 Å². The Morgan fingerprint density at radius 2 is 2.05 bits per heavy atom. The largest absolute Gasteiger partial charge is 0.495 e. The third kappa shape index (κ3) is 3.98. The SMILES string of the molecule is COc1ccc(CNC(=O)c2cc(C)cc(Br)c2)cc1N. The highest BCUT2D eigenvalue weighted by atomic mass is 79.9. The molecule has 3 N–H and O–H groups in total. The molecule has 0 bridgehead atoms. The van der Waals surface area contributed by atoms with Crippen LogP contribution in [0.4, 0.5) is 5.69 Å². The number of nitrogen functional groups attached to an aromatic ring is 1. The molecule has 2 rings (SSSR count). The van der Waals surface area contributed by atoms with E-state index in [9.17, 15) is 4.79 Å². The van der Waals surface area contributed by atoms with Gasteiger partial charge in [0.1, 0.15) is 5.75 Å². The number of rotatable bonds is 4. The highest BCUT2D eigenvalue weighted by Crippen LogP contribution is 2.22. The number of hydrogen-bond donors (Lipinski definition) is 2. The van der Waals surface area contributed by atoms with Gasteiger partial charge in [-0.3, -0.25) is 4.79 Å². The Morgan fingerprint density at radius 1 is 1.29 bits per heavy atom. The molecule has 5 heteroatoms. The Labute approximate surface area is 132 Å². The molecule has 0 fully saturated rings. The molecule has 0 heterocycles. The predicted octanol–water partition coefficient (Wildman–Crippen LogP) is 3.28. The predicted molar refractivity (Wildman–Crippen MR) is 87.5 cm³/mol. The number of nitrogens with one attached hydrogen (secondary N) is 1. The lowest BCUT2D eigenvalue weighted by Crippen LogP contribution is -2.23. The quantitative estimate of drug-likeness (QED) is 0.833. The summed E-state index contributed by atoms with van der Waals surface area (Å²) in [6.07, 6.45) is 0. The molecular weight excluding hydrogens is 332 g/mol. The smallest absolute Gasteiger partial charge is 0.251 e. The molecule has 110 valence electrons. The van der Waals surface area contributed by atoms with Crippen LogP contribution in [0.5, 0.6) is 5.75 Å². The molecule has 0 aromatic heterocycles. The molecule has 0 saturated carbocycles. The Balaban J connectivity index is 2.05. The Morgan fingerprint density at radius 3 is 2.67 bits per heavy atom. The molecule has 0 saturated heterocycles. The van der Waals surface area contributed by atoms with E-state index < -0.39 is 0 Å². The minimum absolute atomic E-state index is 0.117. The summed E-state index contributed by atoms with van der Waals surface area (Å²) >= 11 is 3.39. The summed E-state index contributed by atoms with van der Waals surface area (Å²) in [5.74, 6) is 0.515. The van der Waals surface area contributed by atoms with Gasteiger partial charge in [-0.2, -0.15) is 0 Å². The minimum Gasteiger partial charge on any atom is -0.495 e. The number of nitrogens with two attached hydrogens (primary N) is 1. The van der Waals surface area contributed by atoms with Gasteiger partial charge in [0.15, 0.2) is 0 Å². The lowest BCUT2D eigenvalue weighted by molar-refractivity contribution is 0.0950. The van der Waals surface area contributed by atoms with Crippen LogP contribution in [0.2, 0.25) is 0 Å². The van der Waals surface area contributed by atoms with Crippen molar-refractivity contribution < 1.29 is 9.53 Å². The number of ether oxygens (including phenoxy) is 1. The second kappa shape index (κ2) is 6.63. The standard InChI is InChI=1S/C16H17BrN2O2/c1-10-5-12(8-13(17)6-10)16(20)19-9-11-3-4-15(21-2)14(18)7-11/h3-8H,9,18H2,1-2H3,(H,19,20). The summed E-state index contributed by atoms with van der Waals surface area (Å²) < 4.78 is 5.99. The number of amides is 1. The molecule has 1 amide bonds. The molecule has 2 aromatic rings. The van der Waals surface area contributed by atoms with Crippen LogP contribution in [-0.4, -0.2) is 13.0 Å². The van der Waals surface area contributed by atoms with Gasteiger partial charge in [-0.1, -0.05) is 22.0 Å². The lowest BCUT2D eigenvalue weighted by atomic mass is 10.1. The van der Waals surface area contributed by atoms with Gasteiger partial charge in [0.05, 0.1) is 12.8 Å². The first-order valence-electron chi connectivity index (χ1n) is 6.47. The van der Waals surface area contributed by atoms with Crippen molar-refractivity contribution in [2.75, 3.05) is 12.8 Å². The summed E-state index contributed by atoms with van der Waals surface area (Å²) in [5, 5.41) is 2.88. The normalized spacial score (nSPS) is 10.2. The number of anilines is 1. The van der Waals surface area contributed by atoms with Crippen molar-refractivity contribution in [3.05, 3.63) is 57.6 Å². The maximum Gasteiger partial charge on any atom is 0.251 e. The van der Waals surface area contributed by atoms with E-state index in [2.05, 4.69) is 21.2 Å². The van der Waals surface area contributed by atoms with Crippen LogP contribution in [0.25, 0.3) is 0 Å². The number of carbonyl (C=O) groups excluding carboxylic acids is 1. The molecule has 4 nitrogen and oxygen atoms in total. The molecule has 0 aliphatic carbocycles. The van der Waals surface area contributed by atoms with Crippen LogP contribution in [0.15, 0.2) is 40.9 Å². The maximum atomic E-state index is 12.1. The molecule has 0 atom stereocenters. The molecule has 2 aromatic carbocycles. The van der Waals surface area contributed by atoms with Gasteiger partial charge in [0.2, 0.25) is 0 Å². The summed E-state index contributed by atoms with van der Waals surface area (Å²) in [7, 11) is 1.57. The van der Waals surface area contributed by atoms with Crippen molar-refractivity contribution in [3.63, 3.8) is 0 Å². The zero-order chi connectivity index (χ0) is 15.4. The van der Waals surface area contributed by atoms with Gasteiger partial charge in [0.25, 0.3) is 5.91 Å². The maximum absolute atomic E-state index is 12.1. The first-order valence-corrected chi connectivity index (χ1v) is 7.26. The van der Waals surface area contributed by atoms with E-state index in [1.807, 2.05) is 25.1 Å². The zero-order valence-corrected chi connectivity index (χ0v) is 13.5. The van der Waals surface area contributed by atoms with E-state index in [1.165, 1.54) is 0 Å². The Kier molecular flexibility index (Phi) is 4.85. The van der Waals surface area contributed by atoms with Crippen LogP contribution < -0.4 is 15.8 Å². The van der Waals surface area contributed by atoms with Gasteiger partial charge in [0, 0.05) is 16.6 Å². The van der Waals surface area contributed by atoms with Crippen molar-refractivity contribution in [2.45, 2.75) is 13.5 Å². The van der Waals surface area contributed by atoms with Gasteiger partial charge in [-0.25, -0.2) is 0 Å². The fraction of sp³-hybridized carbons (Fsp3) is 0.188. The van der Waals surface area contributed by atoms with E-state index in [0.717, 1.165) is 15.6 Å². The van der Waals surface area contributed by atoms with Crippen LogP contribution in [0.3, 0.4) is 0 Å². The summed E-state index contributed by atoms with van der Waals surface area (Å²) in [6, 6.07) is 11.1. The summed E-state index contributed by atoms with van der Waals surface area (Å²) in [6.45, 7) is 2.37. The minimum atomic E-state index is -0.117. The van der Waals surface area contributed by atoms with Crippen molar-refractivity contribution in [2.24, 2.45) is 0 Å². The molecule has 0 aliphatic rings. The molecule has 0 spiro atoms. The van der Waals surface area contributed by atoms with E-state index in [0.29, 0.717) is 23.5 Å². The second-order valence-electron chi connectivity index (χ2n) is 4.78. The number of aryl methyl sites for hydroxylation is 1. The Hall–Kier alpha value is -2.01. The highest BCUT2D eigenvalue weighted by Gasteiger charge is 2.07. The second-order valence-corrected chi connectivity index (χ2v) is 5.69. The average molecular weight is 349 g/mol. The fourth-order valence-electron chi connectivity index (χ4n) is 2.05. The number of benzene rings is 2. The van der Waals surface area contributed by atoms with Crippen molar-refractivity contribution >= 4 is 27.5 Å². The third-order valence-electron chi connectivity index (χ3n) is 3.05. The van der Waals surface area contributed by atoms with E-state index in [1.54, 1.807) is 25.3 Å². The van der Waals surface area contributed by atoms with E-state index in [4.69, 9.17) is 10.5 Å². The zero-order valence-electron chi connectivity index (χ0n) is 11.9. The van der Waals surface area contributed by atoms with Crippen LogP contribution in [0, 0.1) is 6.92 Å². The molecule has 0 aliphatic heterocycles. The van der Waals surface area contributed by atoms with E-state index in [-0.39, 0.29) is 5.91 Å². The average Bonchev–Trinajstić information content (AvgIpc) is 2.43. The number of carbonyl (C=O) groups is 1. The molecule has 0 unspecified atom stereocenters. The topological polar surface area (TPSA) is 64.3 Å². The fourth-order valence-corrected chi connectivity index (χ4v) is 2.65. The highest BCUT2D eigenvalue weighted by molar-refractivity contribution is 9.10. The molecule has 21 heavy (non-hydrogen) atoms. The van der Waals surface area contributed by atoms with Crippen molar-refractivity contribution in [1.82, 2.24) is 5.32 Å². The molecular formula is C16H17BrN2O2. The van der Waals surface area contributed by atoms with Gasteiger partial charge >= 0.3 is 0 Å². The van der Waals surface area contributed by atoms with Crippen molar-refractivity contribution in [3.8, 4) is 5.75 Å². The molecule has 0 radical (unpaired) electrons. The number of methoxy groups -OCH3 is 1. The Bertz CT molecular complexity index is 651. The number of hydrogen-bond acceptors (Lipinski definition) is 3.